The van der Waals surface area contributed by atoms with Crippen LogP contribution in [0, 0.1) is 11.6 Å². The summed E-state index contributed by atoms with van der Waals surface area (Å²) in [5.74, 6) is -2.83. The molecule has 16 heavy (non-hydrogen) atoms. The van der Waals surface area contributed by atoms with Gasteiger partial charge in [-0.05, 0) is 26.0 Å². The fourth-order valence-electron chi connectivity index (χ4n) is 1.28. The van der Waals surface area contributed by atoms with E-state index in [4.69, 9.17) is 4.74 Å². The number of carbonyl (C=O) groups excluding carboxylic acids is 1. The molecule has 0 aromatic heterocycles. The molecule has 0 saturated carbocycles. The molecule has 0 bridgehead atoms. The maximum absolute atomic E-state index is 13.5. The van der Waals surface area contributed by atoms with Crippen molar-refractivity contribution in [2.24, 2.45) is 0 Å². The van der Waals surface area contributed by atoms with E-state index in [1.165, 1.54) is 12.1 Å². The Morgan fingerprint density at radius 3 is 2.44 bits per heavy atom. The zero-order valence-electron chi connectivity index (χ0n) is 9.51. The van der Waals surface area contributed by atoms with E-state index >= 15 is 0 Å². The van der Waals surface area contributed by atoms with E-state index in [9.17, 15) is 13.6 Å². The summed E-state index contributed by atoms with van der Waals surface area (Å²) in [7, 11) is 0. The molecule has 1 aromatic rings. The number of benzene rings is 1. The third-order valence-electron chi connectivity index (χ3n) is 2.03. The Morgan fingerprint density at radius 1 is 1.31 bits per heavy atom. The molecule has 0 spiro atoms. The van der Waals surface area contributed by atoms with Gasteiger partial charge in [-0.25, -0.2) is 4.39 Å². The average molecular weight is 228 g/mol. The second kappa shape index (κ2) is 5.05. The summed E-state index contributed by atoms with van der Waals surface area (Å²) in [6.45, 7) is 5.02. The minimum absolute atomic E-state index is 0.140. The first-order valence-corrected chi connectivity index (χ1v) is 5.15. The first-order valence-electron chi connectivity index (χ1n) is 5.15. The van der Waals surface area contributed by atoms with E-state index in [1.54, 1.807) is 20.8 Å². The van der Waals surface area contributed by atoms with Gasteiger partial charge in [-0.15, -0.1) is 0 Å². The molecule has 0 N–H and O–H groups in total. The summed E-state index contributed by atoms with van der Waals surface area (Å²) >= 11 is 0. The highest BCUT2D eigenvalue weighted by Crippen LogP contribution is 2.24. The summed E-state index contributed by atoms with van der Waals surface area (Å²) in [6.07, 6.45) is -0.109. The highest BCUT2D eigenvalue weighted by atomic mass is 19.2. The van der Waals surface area contributed by atoms with Crippen LogP contribution in [-0.4, -0.2) is 11.9 Å². The lowest BCUT2D eigenvalue weighted by molar-refractivity contribution is 0.0983. The van der Waals surface area contributed by atoms with Crippen LogP contribution in [-0.2, 0) is 0 Å². The molecule has 0 heterocycles. The van der Waals surface area contributed by atoms with Crippen LogP contribution in [0.2, 0.25) is 0 Å². The largest absolute Gasteiger partial charge is 0.488 e. The molecule has 4 heteroatoms. The Hall–Kier alpha value is -1.45. The third-order valence-corrected chi connectivity index (χ3v) is 2.03. The number of rotatable bonds is 4. The van der Waals surface area contributed by atoms with E-state index in [1.807, 2.05) is 0 Å². The van der Waals surface area contributed by atoms with Gasteiger partial charge in [0, 0.05) is 6.42 Å². The highest BCUT2D eigenvalue weighted by Gasteiger charge is 2.18. The van der Waals surface area contributed by atoms with Crippen LogP contribution >= 0.6 is 0 Å². The molecular weight excluding hydrogens is 214 g/mol. The van der Waals surface area contributed by atoms with E-state index in [0.29, 0.717) is 0 Å². The van der Waals surface area contributed by atoms with E-state index in [-0.39, 0.29) is 23.8 Å². The topological polar surface area (TPSA) is 26.3 Å². The van der Waals surface area contributed by atoms with Gasteiger partial charge in [0.05, 0.1) is 11.7 Å². The fraction of sp³-hybridized carbons (Fsp3) is 0.417. The van der Waals surface area contributed by atoms with Crippen LogP contribution in [0.25, 0.3) is 0 Å². The smallest absolute Gasteiger partial charge is 0.201 e. The van der Waals surface area contributed by atoms with Crippen molar-refractivity contribution in [1.82, 2.24) is 0 Å². The minimum atomic E-state index is -1.13. The van der Waals surface area contributed by atoms with Crippen LogP contribution in [0.15, 0.2) is 12.1 Å². The van der Waals surface area contributed by atoms with Gasteiger partial charge in [0.25, 0.3) is 0 Å². The number of ketones is 1. The number of carbonyl (C=O) groups is 1. The van der Waals surface area contributed by atoms with Crippen LogP contribution in [0.4, 0.5) is 8.78 Å². The number of halogens is 2. The van der Waals surface area contributed by atoms with Gasteiger partial charge in [0.2, 0.25) is 5.82 Å². The second-order valence-corrected chi connectivity index (χ2v) is 3.68. The van der Waals surface area contributed by atoms with Crippen molar-refractivity contribution in [2.45, 2.75) is 33.3 Å². The quantitative estimate of drug-likeness (QED) is 0.739. The van der Waals surface area contributed by atoms with Gasteiger partial charge in [0.1, 0.15) is 0 Å². The highest BCUT2D eigenvalue weighted by molar-refractivity contribution is 5.96. The number of Topliss-reactive ketones (excluding diaryl/α,β-unsaturated/α-hetero) is 1. The summed E-state index contributed by atoms with van der Waals surface area (Å²) < 4.78 is 32.0. The predicted octanol–water partition coefficient (Wildman–Crippen LogP) is 3.34. The zero-order chi connectivity index (χ0) is 12.3. The van der Waals surface area contributed by atoms with Gasteiger partial charge in [-0.1, -0.05) is 6.92 Å². The maximum atomic E-state index is 13.5. The Kier molecular flexibility index (Phi) is 3.99. The lowest BCUT2D eigenvalue weighted by Crippen LogP contribution is -2.10. The molecule has 0 unspecified atom stereocenters. The van der Waals surface area contributed by atoms with Gasteiger partial charge in [0.15, 0.2) is 17.3 Å². The molecule has 0 saturated heterocycles. The molecule has 0 aliphatic rings. The van der Waals surface area contributed by atoms with Gasteiger partial charge in [-0.2, -0.15) is 4.39 Å². The zero-order valence-corrected chi connectivity index (χ0v) is 9.51. The van der Waals surface area contributed by atoms with Crippen molar-refractivity contribution in [3.05, 3.63) is 29.3 Å². The third kappa shape index (κ3) is 2.56. The van der Waals surface area contributed by atoms with Crippen molar-refractivity contribution >= 4 is 5.78 Å². The van der Waals surface area contributed by atoms with Gasteiger partial charge >= 0.3 is 0 Å². The fourth-order valence-corrected chi connectivity index (χ4v) is 1.28. The van der Waals surface area contributed by atoms with E-state index in [2.05, 4.69) is 0 Å². The summed E-state index contributed by atoms with van der Waals surface area (Å²) in [5.41, 5.74) is -0.226. The second-order valence-electron chi connectivity index (χ2n) is 3.68. The van der Waals surface area contributed by atoms with Crippen molar-refractivity contribution in [1.29, 1.82) is 0 Å². The SMILES string of the molecule is CCC(=O)c1ccc(OC(C)C)c(F)c1F. The molecule has 0 atom stereocenters. The first kappa shape index (κ1) is 12.6. The van der Waals surface area contributed by atoms with E-state index in [0.717, 1.165) is 0 Å². The van der Waals surface area contributed by atoms with Crippen molar-refractivity contribution in [3.8, 4) is 5.75 Å². The van der Waals surface area contributed by atoms with Crippen molar-refractivity contribution in [2.75, 3.05) is 0 Å². The Labute approximate surface area is 93.2 Å². The summed E-state index contributed by atoms with van der Waals surface area (Å²) in [6, 6.07) is 2.53. The lowest BCUT2D eigenvalue weighted by atomic mass is 10.1. The van der Waals surface area contributed by atoms with Crippen LogP contribution in [0.5, 0.6) is 5.75 Å². The number of hydrogen-bond acceptors (Lipinski definition) is 2. The molecule has 0 amide bonds. The van der Waals surface area contributed by atoms with Crippen molar-refractivity contribution < 1.29 is 18.3 Å². The lowest BCUT2D eigenvalue weighted by Gasteiger charge is -2.11. The van der Waals surface area contributed by atoms with Crippen LogP contribution in [0.3, 0.4) is 0 Å². The standard InChI is InChI=1S/C12H14F2O2/c1-4-9(15)8-5-6-10(16-7(2)3)12(14)11(8)13/h5-7H,4H2,1-3H3. The number of hydrogen-bond donors (Lipinski definition) is 0. The normalized spacial score (nSPS) is 10.6. The molecule has 2 nitrogen and oxygen atoms in total. The Balaban J connectivity index is 3.13. The molecule has 1 rings (SSSR count). The van der Waals surface area contributed by atoms with E-state index < -0.39 is 17.4 Å². The first-order chi connectivity index (χ1) is 7.47. The molecule has 88 valence electrons. The number of ether oxygens (including phenoxy) is 1. The van der Waals surface area contributed by atoms with Crippen LogP contribution in [0.1, 0.15) is 37.6 Å². The Bertz CT molecular complexity index is 400. The molecule has 0 fully saturated rings. The minimum Gasteiger partial charge on any atom is -0.488 e. The summed E-state index contributed by atoms with van der Waals surface area (Å²) in [4.78, 5) is 11.3. The summed E-state index contributed by atoms with van der Waals surface area (Å²) in [5, 5.41) is 0. The van der Waals surface area contributed by atoms with Crippen molar-refractivity contribution in [3.63, 3.8) is 0 Å². The molecular formula is C12H14F2O2. The molecule has 1 aromatic carbocycles. The van der Waals surface area contributed by atoms with Gasteiger partial charge < -0.3 is 4.74 Å². The van der Waals surface area contributed by atoms with Crippen LogP contribution < -0.4 is 4.74 Å². The Morgan fingerprint density at radius 2 is 1.94 bits per heavy atom. The maximum Gasteiger partial charge on any atom is 0.201 e. The molecule has 0 aliphatic carbocycles. The average Bonchev–Trinajstić information content (AvgIpc) is 2.23. The monoisotopic (exact) mass is 228 g/mol. The molecule has 0 radical (unpaired) electrons. The molecule has 0 aliphatic heterocycles. The predicted molar refractivity (Wildman–Crippen MR) is 56.7 cm³/mol. The van der Waals surface area contributed by atoms with Gasteiger partial charge in [-0.3, -0.25) is 4.79 Å².